The van der Waals surface area contributed by atoms with E-state index >= 15 is 0 Å². The second-order valence-corrected chi connectivity index (χ2v) is 11.4. The standard InChI is InChI=1S/C27H33F4N3O4/c1-24(2,3)38-23(35)33-14-26(36,27(29,30)31)20-11-19-22(21(34-20)17-7-9-18(28)10-8-17)37-15-25(19,4)13-32-12-16-5-6-16/h7-11,16,32,36H,5-6,12-15H2,1-4H3,(H,33,35)/t25-,26-/m0/s1. The van der Waals surface area contributed by atoms with Gasteiger partial charge in [-0.3, -0.25) is 0 Å². The summed E-state index contributed by atoms with van der Waals surface area (Å²) in [6.07, 6.45) is -4.03. The molecule has 2 aliphatic rings. The highest BCUT2D eigenvalue weighted by molar-refractivity contribution is 5.71. The molecule has 2 heterocycles. The summed E-state index contributed by atoms with van der Waals surface area (Å²) in [5, 5.41) is 16.5. The number of ether oxygens (including phenoxy) is 2. The molecule has 0 bridgehead atoms. The number of rotatable bonds is 8. The quantitative estimate of drug-likeness (QED) is 0.417. The van der Waals surface area contributed by atoms with Crippen LogP contribution >= 0.6 is 0 Å². The Labute approximate surface area is 218 Å². The number of carbonyl (C=O) groups excluding carboxylic acids is 1. The van der Waals surface area contributed by atoms with E-state index in [9.17, 15) is 27.5 Å². The summed E-state index contributed by atoms with van der Waals surface area (Å²) >= 11 is 0. The third-order valence-corrected chi connectivity index (χ3v) is 6.70. The fourth-order valence-corrected chi connectivity index (χ4v) is 4.32. The molecule has 1 amide bonds. The van der Waals surface area contributed by atoms with E-state index in [-0.39, 0.29) is 18.1 Å². The van der Waals surface area contributed by atoms with Crippen LogP contribution in [-0.4, -0.2) is 54.2 Å². The SMILES string of the molecule is CC(C)(C)OC(=O)NC[C@](O)(c1cc2c(c(-c3ccc(F)cc3)n1)OC[C@]2(C)CNCC1CC1)C(F)(F)F. The number of amides is 1. The monoisotopic (exact) mass is 539 g/mol. The minimum Gasteiger partial charge on any atom is -0.490 e. The van der Waals surface area contributed by atoms with E-state index in [1.807, 2.05) is 12.2 Å². The fourth-order valence-electron chi connectivity index (χ4n) is 4.32. The molecule has 2 aromatic rings. The molecule has 38 heavy (non-hydrogen) atoms. The molecule has 1 saturated carbocycles. The average Bonchev–Trinajstić information content (AvgIpc) is 3.58. The van der Waals surface area contributed by atoms with Gasteiger partial charge in [0, 0.05) is 23.1 Å². The van der Waals surface area contributed by atoms with Crippen LogP contribution in [0.25, 0.3) is 11.3 Å². The second-order valence-electron chi connectivity index (χ2n) is 11.4. The summed E-state index contributed by atoms with van der Waals surface area (Å²) < 4.78 is 67.9. The molecule has 2 atom stereocenters. The molecular formula is C27H33F4N3O4. The van der Waals surface area contributed by atoms with Crippen molar-refractivity contribution in [3.05, 3.63) is 47.4 Å². The van der Waals surface area contributed by atoms with Crippen LogP contribution in [0.2, 0.25) is 0 Å². The summed E-state index contributed by atoms with van der Waals surface area (Å²) in [7, 11) is 0. The summed E-state index contributed by atoms with van der Waals surface area (Å²) in [5.41, 5.74) is -5.12. The van der Waals surface area contributed by atoms with Crippen molar-refractivity contribution in [1.82, 2.24) is 15.6 Å². The van der Waals surface area contributed by atoms with Gasteiger partial charge in [0.25, 0.3) is 0 Å². The van der Waals surface area contributed by atoms with Crippen molar-refractivity contribution in [2.24, 2.45) is 5.92 Å². The number of aliphatic hydroxyl groups is 1. The Bertz CT molecular complexity index is 1180. The molecule has 3 N–H and O–H groups in total. The molecule has 7 nitrogen and oxygen atoms in total. The Balaban J connectivity index is 1.77. The largest absolute Gasteiger partial charge is 0.490 e. The Morgan fingerprint density at radius 2 is 1.87 bits per heavy atom. The summed E-state index contributed by atoms with van der Waals surface area (Å²) in [4.78, 5) is 16.3. The molecule has 0 spiro atoms. The van der Waals surface area contributed by atoms with Gasteiger partial charge in [-0.25, -0.2) is 14.2 Å². The number of aromatic nitrogens is 1. The van der Waals surface area contributed by atoms with Gasteiger partial charge in [-0.15, -0.1) is 0 Å². The summed E-state index contributed by atoms with van der Waals surface area (Å²) in [6.45, 7) is 6.75. The second kappa shape index (κ2) is 10.00. The Morgan fingerprint density at radius 3 is 2.45 bits per heavy atom. The molecular weight excluding hydrogens is 506 g/mol. The van der Waals surface area contributed by atoms with E-state index in [1.54, 1.807) is 20.8 Å². The number of hydrogen-bond donors (Lipinski definition) is 3. The van der Waals surface area contributed by atoms with Gasteiger partial charge in [-0.2, -0.15) is 13.2 Å². The van der Waals surface area contributed by atoms with Crippen molar-refractivity contribution >= 4 is 6.09 Å². The van der Waals surface area contributed by atoms with E-state index < -0.39 is 46.9 Å². The van der Waals surface area contributed by atoms with Gasteiger partial charge in [0.05, 0.1) is 18.8 Å². The van der Waals surface area contributed by atoms with Crippen molar-refractivity contribution < 1.29 is 36.9 Å². The highest BCUT2D eigenvalue weighted by Gasteiger charge is 2.57. The predicted octanol–water partition coefficient (Wildman–Crippen LogP) is 4.81. The van der Waals surface area contributed by atoms with E-state index in [0.717, 1.165) is 19.4 Å². The lowest BCUT2D eigenvalue weighted by Crippen LogP contribution is -2.52. The highest BCUT2D eigenvalue weighted by Crippen LogP contribution is 2.47. The van der Waals surface area contributed by atoms with Gasteiger partial charge >= 0.3 is 12.3 Å². The molecule has 1 aromatic heterocycles. The highest BCUT2D eigenvalue weighted by atomic mass is 19.4. The van der Waals surface area contributed by atoms with Crippen LogP contribution in [0.5, 0.6) is 5.75 Å². The van der Waals surface area contributed by atoms with Gasteiger partial charge in [-0.05, 0) is 76.4 Å². The Morgan fingerprint density at radius 1 is 1.21 bits per heavy atom. The van der Waals surface area contributed by atoms with Gasteiger partial charge in [0.1, 0.15) is 22.9 Å². The molecule has 1 aliphatic carbocycles. The normalized spacial score (nSPS) is 20.9. The molecule has 0 radical (unpaired) electrons. The number of pyridine rings is 1. The number of alkyl carbamates (subject to hydrolysis) is 1. The van der Waals surface area contributed by atoms with Crippen LogP contribution in [0.4, 0.5) is 22.4 Å². The first-order valence-corrected chi connectivity index (χ1v) is 12.5. The molecule has 0 unspecified atom stereocenters. The van der Waals surface area contributed by atoms with Crippen LogP contribution in [0.1, 0.15) is 51.8 Å². The minimum absolute atomic E-state index is 0.0448. The van der Waals surface area contributed by atoms with E-state index in [0.29, 0.717) is 23.6 Å². The van der Waals surface area contributed by atoms with Crippen LogP contribution in [0, 0.1) is 11.7 Å². The van der Waals surface area contributed by atoms with Crippen LogP contribution in [0.3, 0.4) is 0 Å². The topological polar surface area (TPSA) is 92.7 Å². The number of benzene rings is 1. The first-order chi connectivity index (χ1) is 17.6. The zero-order valence-electron chi connectivity index (χ0n) is 21.8. The molecule has 1 fully saturated rings. The average molecular weight is 540 g/mol. The smallest absolute Gasteiger partial charge is 0.424 e. The first-order valence-electron chi connectivity index (χ1n) is 12.5. The lowest BCUT2D eigenvalue weighted by atomic mass is 9.82. The summed E-state index contributed by atoms with van der Waals surface area (Å²) in [6, 6.07) is 6.30. The van der Waals surface area contributed by atoms with Crippen molar-refractivity contribution in [1.29, 1.82) is 0 Å². The van der Waals surface area contributed by atoms with Crippen LogP contribution < -0.4 is 15.4 Å². The lowest BCUT2D eigenvalue weighted by Gasteiger charge is -2.32. The van der Waals surface area contributed by atoms with Crippen molar-refractivity contribution in [3.8, 4) is 17.0 Å². The number of halogens is 4. The fraction of sp³-hybridized carbons (Fsp3) is 0.556. The zero-order valence-corrected chi connectivity index (χ0v) is 21.8. The van der Waals surface area contributed by atoms with Crippen molar-refractivity contribution in [3.63, 3.8) is 0 Å². The van der Waals surface area contributed by atoms with Gasteiger partial charge in [-0.1, -0.05) is 6.92 Å². The van der Waals surface area contributed by atoms with E-state index in [4.69, 9.17) is 9.47 Å². The van der Waals surface area contributed by atoms with Crippen molar-refractivity contribution in [2.45, 2.75) is 63.3 Å². The zero-order chi connectivity index (χ0) is 27.9. The Hall–Kier alpha value is -2.92. The lowest BCUT2D eigenvalue weighted by molar-refractivity contribution is -0.265. The van der Waals surface area contributed by atoms with E-state index in [2.05, 4.69) is 10.3 Å². The maximum absolute atomic E-state index is 14.4. The predicted molar refractivity (Wildman–Crippen MR) is 132 cm³/mol. The number of carbonyl (C=O) groups is 1. The molecule has 11 heteroatoms. The third kappa shape index (κ3) is 6.04. The maximum Gasteiger partial charge on any atom is 0.424 e. The molecule has 208 valence electrons. The Kier molecular flexibility index (Phi) is 7.39. The number of fused-ring (bicyclic) bond motifs is 1. The molecule has 4 rings (SSSR count). The number of hydrogen-bond acceptors (Lipinski definition) is 6. The van der Waals surface area contributed by atoms with Gasteiger partial charge in [0.2, 0.25) is 5.60 Å². The summed E-state index contributed by atoms with van der Waals surface area (Å²) in [5.74, 6) is 0.350. The molecule has 0 saturated heterocycles. The first kappa shape index (κ1) is 28.1. The number of nitrogens with zero attached hydrogens (tertiary/aromatic N) is 1. The van der Waals surface area contributed by atoms with E-state index in [1.165, 1.54) is 30.3 Å². The minimum atomic E-state index is -5.20. The van der Waals surface area contributed by atoms with Gasteiger partial charge < -0.3 is 25.2 Å². The van der Waals surface area contributed by atoms with Gasteiger partial charge in [0.15, 0.2) is 0 Å². The van der Waals surface area contributed by atoms with Crippen molar-refractivity contribution in [2.75, 3.05) is 26.2 Å². The number of alkyl halides is 3. The van der Waals surface area contributed by atoms with Crippen LogP contribution in [-0.2, 0) is 15.8 Å². The number of nitrogens with one attached hydrogen (secondary N) is 2. The molecule has 1 aromatic carbocycles. The third-order valence-electron chi connectivity index (χ3n) is 6.70. The van der Waals surface area contributed by atoms with Crippen LogP contribution in [0.15, 0.2) is 30.3 Å². The maximum atomic E-state index is 14.4. The molecule has 1 aliphatic heterocycles.